The second-order valence-electron chi connectivity index (χ2n) is 4.76. The Morgan fingerprint density at radius 3 is 2.76 bits per heavy atom. The molecule has 0 radical (unpaired) electrons. The maximum absolute atomic E-state index is 12.6. The van der Waals surface area contributed by atoms with Crippen molar-refractivity contribution in [2.24, 2.45) is 0 Å². The van der Waals surface area contributed by atoms with Crippen LogP contribution in [0.1, 0.15) is 6.92 Å². The van der Waals surface area contributed by atoms with Crippen LogP contribution < -0.4 is 10.1 Å². The van der Waals surface area contributed by atoms with Crippen LogP contribution in [0.3, 0.4) is 0 Å². The average Bonchev–Trinajstić information content (AvgIpc) is 2.46. The molecule has 8 nitrogen and oxygen atoms in total. The molecule has 0 aromatic heterocycles. The van der Waals surface area contributed by atoms with Crippen LogP contribution >= 0.6 is 0 Å². The number of nitrogens with one attached hydrogen (secondary N) is 1. The van der Waals surface area contributed by atoms with Gasteiger partial charge in [-0.15, -0.1) is 0 Å². The van der Waals surface area contributed by atoms with E-state index in [9.17, 15) is 18.5 Å². The molecule has 0 saturated carbocycles. The molecule has 1 aromatic rings. The molecular weight excluding hydrogens is 298 g/mol. The van der Waals surface area contributed by atoms with Gasteiger partial charge in [-0.3, -0.25) is 10.1 Å². The minimum Gasteiger partial charge on any atom is -0.490 e. The highest BCUT2D eigenvalue weighted by molar-refractivity contribution is 7.89. The first kappa shape index (κ1) is 15.7. The molecule has 1 aromatic carbocycles. The van der Waals surface area contributed by atoms with E-state index in [1.807, 2.05) is 6.92 Å². The zero-order valence-corrected chi connectivity index (χ0v) is 12.6. The standard InChI is InChI=1S/C12H17N3O5S/c1-9-8-13-5-6-14(9)21(18,19)10-3-4-11(15(16)17)12(7-10)20-2/h3-4,7,9,13H,5-6,8H2,1-2H3. The van der Waals surface area contributed by atoms with E-state index in [-0.39, 0.29) is 22.4 Å². The predicted molar refractivity (Wildman–Crippen MR) is 75.9 cm³/mol. The third-order valence-corrected chi connectivity index (χ3v) is 5.40. The van der Waals surface area contributed by atoms with E-state index in [1.54, 1.807) is 0 Å². The highest BCUT2D eigenvalue weighted by Crippen LogP contribution is 2.31. The van der Waals surface area contributed by atoms with Crippen molar-refractivity contribution in [2.75, 3.05) is 26.7 Å². The number of hydrogen-bond acceptors (Lipinski definition) is 6. The molecule has 2 rings (SSSR count). The Kier molecular flexibility index (Phi) is 4.45. The Morgan fingerprint density at radius 2 is 2.19 bits per heavy atom. The van der Waals surface area contributed by atoms with E-state index in [1.165, 1.54) is 23.5 Å². The maximum atomic E-state index is 12.6. The minimum atomic E-state index is -3.70. The van der Waals surface area contributed by atoms with Crippen molar-refractivity contribution in [2.45, 2.75) is 17.9 Å². The lowest BCUT2D eigenvalue weighted by Crippen LogP contribution is -2.52. The van der Waals surface area contributed by atoms with Gasteiger partial charge in [0.15, 0.2) is 5.75 Å². The number of hydrogen-bond donors (Lipinski definition) is 1. The molecular formula is C12H17N3O5S. The molecule has 1 heterocycles. The summed E-state index contributed by atoms with van der Waals surface area (Å²) < 4.78 is 31.6. The predicted octanol–water partition coefficient (Wildman–Crippen LogP) is 0.586. The smallest absolute Gasteiger partial charge is 0.310 e. The van der Waals surface area contributed by atoms with Gasteiger partial charge in [-0.25, -0.2) is 8.42 Å². The number of nitro groups is 1. The molecule has 0 spiro atoms. The average molecular weight is 315 g/mol. The molecule has 1 saturated heterocycles. The van der Waals surface area contributed by atoms with Crippen molar-refractivity contribution in [3.63, 3.8) is 0 Å². The quantitative estimate of drug-likeness (QED) is 0.644. The summed E-state index contributed by atoms with van der Waals surface area (Å²) in [5.41, 5.74) is -0.259. The Morgan fingerprint density at radius 1 is 1.48 bits per heavy atom. The van der Waals surface area contributed by atoms with Crippen molar-refractivity contribution >= 4 is 15.7 Å². The van der Waals surface area contributed by atoms with Crippen LogP contribution in [0.2, 0.25) is 0 Å². The maximum Gasteiger partial charge on any atom is 0.310 e. The third-order valence-electron chi connectivity index (χ3n) is 3.39. The van der Waals surface area contributed by atoms with Crippen molar-refractivity contribution in [3.05, 3.63) is 28.3 Å². The van der Waals surface area contributed by atoms with Crippen molar-refractivity contribution in [3.8, 4) is 5.75 Å². The first-order chi connectivity index (χ1) is 9.87. The second-order valence-corrected chi connectivity index (χ2v) is 6.65. The van der Waals surface area contributed by atoms with Gasteiger partial charge in [-0.2, -0.15) is 4.31 Å². The molecule has 1 N–H and O–H groups in total. The first-order valence-electron chi connectivity index (χ1n) is 6.43. The van der Waals surface area contributed by atoms with Crippen molar-refractivity contribution in [1.82, 2.24) is 9.62 Å². The summed E-state index contributed by atoms with van der Waals surface area (Å²) in [5, 5.41) is 14.0. The summed E-state index contributed by atoms with van der Waals surface area (Å²) in [6.45, 7) is 3.33. The number of nitro benzene ring substituents is 1. The van der Waals surface area contributed by atoms with E-state index >= 15 is 0 Å². The molecule has 21 heavy (non-hydrogen) atoms. The largest absolute Gasteiger partial charge is 0.490 e. The van der Waals surface area contributed by atoms with Crippen LogP contribution in [-0.4, -0.2) is 50.4 Å². The van der Waals surface area contributed by atoms with Gasteiger partial charge in [-0.05, 0) is 13.0 Å². The fourth-order valence-corrected chi connectivity index (χ4v) is 3.93. The van der Waals surface area contributed by atoms with Crippen LogP contribution in [0, 0.1) is 10.1 Å². The molecule has 1 aliphatic heterocycles. The van der Waals surface area contributed by atoms with Crippen molar-refractivity contribution < 1.29 is 18.1 Å². The monoisotopic (exact) mass is 315 g/mol. The third kappa shape index (κ3) is 2.99. The van der Waals surface area contributed by atoms with Crippen molar-refractivity contribution in [1.29, 1.82) is 0 Å². The van der Waals surface area contributed by atoms with E-state index in [0.29, 0.717) is 19.6 Å². The number of methoxy groups -OCH3 is 1. The Balaban J connectivity index is 2.43. The zero-order chi connectivity index (χ0) is 15.6. The molecule has 1 fully saturated rings. The lowest BCUT2D eigenvalue weighted by molar-refractivity contribution is -0.385. The van der Waals surface area contributed by atoms with Gasteiger partial charge in [0.05, 0.1) is 16.9 Å². The minimum absolute atomic E-state index is 0.00120. The normalized spacial score (nSPS) is 20.2. The van der Waals surface area contributed by atoms with Crippen LogP contribution in [0.4, 0.5) is 5.69 Å². The van der Waals surface area contributed by atoms with E-state index in [0.717, 1.165) is 6.07 Å². The van der Waals surface area contributed by atoms with E-state index in [2.05, 4.69) is 5.32 Å². The Hall–Kier alpha value is -1.71. The van der Waals surface area contributed by atoms with Crippen LogP contribution in [0.5, 0.6) is 5.75 Å². The number of ether oxygens (including phenoxy) is 1. The van der Waals surface area contributed by atoms with Gasteiger partial charge in [0.25, 0.3) is 0 Å². The summed E-state index contributed by atoms with van der Waals surface area (Å²) >= 11 is 0. The Labute approximate surface area is 122 Å². The molecule has 0 amide bonds. The van der Waals surface area contributed by atoms with E-state index < -0.39 is 14.9 Å². The lowest BCUT2D eigenvalue weighted by Gasteiger charge is -2.32. The highest BCUT2D eigenvalue weighted by atomic mass is 32.2. The molecule has 1 unspecified atom stereocenters. The summed E-state index contributed by atoms with van der Waals surface area (Å²) in [5.74, 6) is -0.0659. The lowest BCUT2D eigenvalue weighted by atomic mass is 10.3. The second kappa shape index (κ2) is 5.96. The molecule has 0 aliphatic carbocycles. The molecule has 9 heteroatoms. The summed E-state index contributed by atoms with van der Waals surface area (Å²) in [4.78, 5) is 10.2. The van der Waals surface area contributed by atoms with Gasteiger partial charge in [0.1, 0.15) is 0 Å². The van der Waals surface area contributed by atoms with Gasteiger partial charge in [0.2, 0.25) is 10.0 Å². The number of piperazine rings is 1. The van der Waals surface area contributed by atoms with Gasteiger partial charge in [-0.1, -0.05) is 0 Å². The van der Waals surface area contributed by atoms with E-state index in [4.69, 9.17) is 4.74 Å². The van der Waals surface area contributed by atoms with Gasteiger partial charge in [0, 0.05) is 37.8 Å². The summed E-state index contributed by atoms with van der Waals surface area (Å²) in [7, 11) is -2.43. The molecule has 1 aliphatic rings. The van der Waals surface area contributed by atoms with Crippen LogP contribution in [0.15, 0.2) is 23.1 Å². The van der Waals surface area contributed by atoms with Gasteiger partial charge >= 0.3 is 5.69 Å². The molecule has 1 atom stereocenters. The van der Waals surface area contributed by atoms with Crippen LogP contribution in [-0.2, 0) is 10.0 Å². The van der Waals surface area contributed by atoms with Crippen LogP contribution in [0.25, 0.3) is 0 Å². The van der Waals surface area contributed by atoms with Gasteiger partial charge < -0.3 is 10.1 Å². The SMILES string of the molecule is COc1cc(S(=O)(=O)N2CCNCC2C)ccc1[N+](=O)[O-]. The number of rotatable bonds is 4. The Bertz CT molecular complexity index is 646. The first-order valence-corrected chi connectivity index (χ1v) is 7.87. The summed E-state index contributed by atoms with van der Waals surface area (Å²) in [6.07, 6.45) is 0. The topological polar surface area (TPSA) is 102 Å². The summed E-state index contributed by atoms with van der Waals surface area (Å²) in [6, 6.07) is 3.41. The fourth-order valence-electron chi connectivity index (χ4n) is 2.28. The number of nitrogens with zero attached hydrogens (tertiary/aromatic N) is 2. The zero-order valence-electron chi connectivity index (χ0n) is 11.8. The highest BCUT2D eigenvalue weighted by Gasteiger charge is 2.32. The number of benzene rings is 1. The fraction of sp³-hybridized carbons (Fsp3) is 0.500. The molecule has 0 bridgehead atoms. The number of sulfonamides is 1. The molecule has 116 valence electrons.